The lowest BCUT2D eigenvalue weighted by molar-refractivity contribution is -0.191. The molecule has 0 atom stereocenters. The van der Waals surface area contributed by atoms with E-state index in [1.54, 1.807) is 0 Å². The Hall–Kier alpha value is -2.17. The summed E-state index contributed by atoms with van der Waals surface area (Å²) < 4.78 is 0. The fourth-order valence-corrected chi connectivity index (χ4v) is 2.93. The van der Waals surface area contributed by atoms with E-state index in [1.807, 2.05) is 37.6 Å². The van der Waals surface area contributed by atoms with Gasteiger partial charge in [0.15, 0.2) is 5.78 Å². The number of ketones is 1. The first-order valence-corrected chi connectivity index (χ1v) is 10.2. The molecule has 1 aliphatic heterocycles. The molecule has 1 rings (SSSR count). The maximum Gasteiger partial charge on any atom is 0.373 e. The van der Waals surface area contributed by atoms with Crippen molar-refractivity contribution in [2.24, 2.45) is 5.41 Å². The van der Waals surface area contributed by atoms with Crippen LogP contribution in [0.5, 0.6) is 0 Å². The van der Waals surface area contributed by atoms with Crippen molar-refractivity contribution in [3.8, 4) is 0 Å². The quantitative estimate of drug-likeness (QED) is 0.539. The number of nitrogens with zero attached hydrogens (tertiary/aromatic N) is 4. The first-order valence-electron chi connectivity index (χ1n) is 10.2. The van der Waals surface area contributed by atoms with Crippen LogP contribution in [-0.4, -0.2) is 133 Å². The summed E-state index contributed by atoms with van der Waals surface area (Å²) in [5, 5.41) is 18.3. The van der Waals surface area contributed by atoms with Gasteiger partial charge in [-0.2, -0.15) is 9.59 Å². The summed E-state index contributed by atoms with van der Waals surface area (Å²) in [6.45, 7) is 10.8. The number of carboxylic acid groups (broad SMARTS) is 2. The normalized spacial score (nSPS) is 18.0. The molecule has 0 bridgehead atoms. The van der Waals surface area contributed by atoms with E-state index in [2.05, 4.69) is 9.80 Å². The molecule has 1 heterocycles. The van der Waals surface area contributed by atoms with E-state index in [1.165, 1.54) is 0 Å². The highest BCUT2D eigenvalue weighted by Crippen LogP contribution is 2.15. The van der Waals surface area contributed by atoms with Crippen molar-refractivity contribution in [3.63, 3.8) is 0 Å². The van der Waals surface area contributed by atoms with Crippen LogP contribution in [-0.2, 0) is 24.0 Å². The van der Waals surface area contributed by atoms with Crippen LogP contribution in [0.25, 0.3) is 0 Å². The number of hydrogen-bond donors (Lipinski definition) is 2. The van der Waals surface area contributed by atoms with Crippen molar-refractivity contribution < 1.29 is 34.2 Å². The lowest BCUT2D eigenvalue weighted by Gasteiger charge is -2.33. The predicted molar refractivity (Wildman–Crippen MR) is 118 cm³/mol. The molecule has 32 heavy (non-hydrogen) atoms. The number of rotatable bonds is 6. The van der Waals surface area contributed by atoms with Crippen molar-refractivity contribution >= 4 is 23.9 Å². The summed E-state index contributed by atoms with van der Waals surface area (Å²) in [6, 6.07) is 0. The van der Waals surface area contributed by atoms with E-state index < -0.39 is 17.4 Å². The fourth-order valence-electron chi connectivity index (χ4n) is 2.93. The second-order valence-corrected chi connectivity index (χ2v) is 8.68. The van der Waals surface area contributed by atoms with Gasteiger partial charge in [-0.05, 0) is 7.05 Å². The van der Waals surface area contributed by atoms with Gasteiger partial charge in [-0.25, -0.2) is 0 Å². The van der Waals surface area contributed by atoms with Gasteiger partial charge in [0.2, 0.25) is 0 Å². The zero-order valence-corrected chi connectivity index (χ0v) is 19.0. The Bertz CT molecular complexity index is 616. The van der Waals surface area contributed by atoms with Crippen molar-refractivity contribution in [1.82, 2.24) is 19.6 Å². The monoisotopic (exact) mass is 460 g/mol. The Kier molecular flexibility index (Phi) is 16.5. The van der Waals surface area contributed by atoms with Gasteiger partial charge >= 0.3 is 18.1 Å². The number of carbonyl (C=O) groups excluding carboxylic acids is 3. The van der Waals surface area contributed by atoms with Gasteiger partial charge in [-0.15, -0.1) is 0 Å². The molecule has 0 aromatic heterocycles. The fraction of sp³-hybridized carbons (Fsp3) is 0.810. The van der Waals surface area contributed by atoms with Gasteiger partial charge < -0.3 is 15.1 Å². The predicted octanol–water partition coefficient (Wildman–Crippen LogP) is -0.325. The first-order chi connectivity index (χ1) is 14.4. The van der Waals surface area contributed by atoms with Gasteiger partial charge in [0.05, 0.1) is 19.6 Å². The molecule has 11 heteroatoms. The number of likely N-dealkylation sites (N-methyl/N-ethyl adjacent to an activating group) is 1. The van der Waals surface area contributed by atoms with Crippen LogP contribution in [0, 0.1) is 5.41 Å². The van der Waals surface area contributed by atoms with E-state index in [9.17, 15) is 19.5 Å². The molecule has 0 aliphatic carbocycles. The number of hydrogen-bond acceptors (Lipinski definition) is 9. The van der Waals surface area contributed by atoms with E-state index in [4.69, 9.17) is 14.7 Å². The second kappa shape index (κ2) is 16.5. The highest BCUT2D eigenvalue weighted by Gasteiger charge is 2.24. The molecule has 0 radical (unpaired) electrons. The Morgan fingerprint density at radius 1 is 0.719 bits per heavy atom. The average Bonchev–Trinajstić information content (AvgIpc) is 2.63. The molecule has 1 saturated heterocycles. The minimum Gasteiger partial charge on any atom is -0.480 e. The Labute approximate surface area is 190 Å². The lowest BCUT2D eigenvalue weighted by atomic mass is 9.90. The minimum atomic E-state index is -0.908. The summed E-state index contributed by atoms with van der Waals surface area (Å²) in [4.78, 5) is 58.9. The molecule has 186 valence electrons. The van der Waals surface area contributed by atoms with Gasteiger partial charge in [0.25, 0.3) is 0 Å². The van der Waals surface area contributed by atoms with Crippen LogP contribution in [0.15, 0.2) is 0 Å². The minimum absolute atomic E-state index is 0. The van der Waals surface area contributed by atoms with E-state index in [0.29, 0.717) is 52.4 Å². The third kappa shape index (κ3) is 15.6. The van der Waals surface area contributed by atoms with E-state index in [-0.39, 0.29) is 32.5 Å². The van der Waals surface area contributed by atoms with Gasteiger partial charge in [0.1, 0.15) is 0 Å². The SMILES string of the molecule is C.CN1CCN(CC(=O)O)CCN(CC(=O)O)CCN(CC(=O)C(C)(C)C)CC1.O=C=O. The van der Waals surface area contributed by atoms with Crippen molar-refractivity contribution in [2.75, 3.05) is 79.0 Å². The smallest absolute Gasteiger partial charge is 0.373 e. The van der Waals surface area contributed by atoms with E-state index >= 15 is 0 Å². The molecule has 0 saturated carbocycles. The van der Waals surface area contributed by atoms with Crippen LogP contribution in [0.4, 0.5) is 0 Å². The molecular weight excluding hydrogens is 420 g/mol. The molecule has 1 aliphatic rings. The average molecular weight is 461 g/mol. The largest absolute Gasteiger partial charge is 0.480 e. The summed E-state index contributed by atoms with van der Waals surface area (Å²) in [6.07, 6.45) is 0.250. The molecule has 2 N–H and O–H groups in total. The topological polar surface area (TPSA) is 139 Å². The summed E-state index contributed by atoms with van der Waals surface area (Å²) in [7, 11) is 1.99. The zero-order chi connectivity index (χ0) is 24.0. The molecule has 0 aromatic carbocycles. The van der Waals surface area contributed by atoms with Crippen molar-refractivity contribution in [2.45, 2.75) is 28.2 Å². The Balaban J connectivity index is 0. The van der Waals surface area contributed by atoms with E-state index in [0.717, 1.165) is 6.54 Å². The molecule has 11 nitrogen and oxygen atoms in total. The number of aliphatic carboxylic acids is 2. The zero-order valence-electron chi connectivity index (χ0n) is 19.0. The Morgan fingerprint density at radius 2 is 1.00 bits per heavy atom. The van der Waals surface area contributed by atoms with Gasteiger partial charge in [0, 0.05) is 57.8 Å². The molecule has 0 spiro atoms. The molecular formula is C21H40N4O7. The lowest BCUT2D eigenvalue weighted by Crippen LogP contribution is -2.48. The van der Waals surface area contributed by atoms with Crippen molar-refractivity contribution in [3.05, 3.63) is 0 Å². The van der Waals surface area contributed by atoms with Crippen LogP contribution in [0.1, 0.15) is 28.2 Å². The summed E-state index contributed by atoms with van der Waals surface area (Å²) >= 11 is 0. The number of Topliss-reactive ketones (excluding diaryl/α,β-unsaturated/α-hetero) is 1. The van der Waals surface area contributed by atoms with Crippen LogP contribution in [0.3, 0.4) is 0 Å². The maximum absolute atomic E-state index is 12.5. The van der Waals surface area contributed by atoms with Gasteiger partial charge in [-0.1, -0.05) is 28.2 Å². The molecule has 1 fully saturated rings. The second-order valence-electron chi connectivity index (χ2n) is 8.68. The molecule has 0 unspecified atom stereocenters. The Morgan fingerprint density at radius 3 is 1.28 bits per heavy atom. The maximum atomic E-state index is 12.5. The summed E-state index contributed by atoms with van der Waals surface area (Å²) in [5.41, 5.74) is -0.409. The number of carbonyl (C=O) groups is 3. The molecule has 0 aromatic rings. The number of carboxylic acids is 2. The first kappa shape index (κ1) is 32.0. The highest BCUT2D eigenvalue weighted by atomic mass is 16.4. The van der Waals surface area contributed by atoms with Gasteiger partial charge in [-0.3, -0.25) is 29.1 Å². The standard InChI is InChI=1S/C19H36N4O5.CO2.CH4/c1-19(2,3)16(24)13-21-7-5-20(4)6-8-22(14-17(25)26)11-12-23(10-9-21)15-18(27)28;2-1-3;/h5-15H2,1-4H3,(H,25,26)(H,27,28);;1H4. The molecule has 0 amide bonds. The summed E-state index contributed by atoms with van der Waals surface area (Å²) in [5.74, 6) is -1.63. The van der Waals surface area contributed by atoms with Crippen LogP contribution >= 0.6 is 0 Å². The van der Waals surface area contributed by atoms with Crippen LogP contribution in [0.2, 0.25) is 0 Å². The van der Waals surface area contributed by atoms with Crippen molar-refractivity contribution in [1.29, 1.82) is 0 Å². The highest BCUT2D eigenvalue weighted by molar-refractivity contribution is 5.85. The third-order valence-corrected chi connectivity index (χ3v) is 4.98. The third-order valence-electron chi connectivity index (χ3n) is 4.98. The van der Waals surface area contributed by atoms with Crippen LogP contribution < -0.4 is 0 Å².